The van der Waals surface area contributed by atoms with Crippen LogP contribution in [-0.2, 0) is 14.7 Å². The van der Waals surface area contributed by atoms with E-state index in [9.17, 15) is 4.39 Å². The van der Waals surface area contributed by atoms with Crippen LogP contribution >= 0.6 is 0 Å². The van der Waals surface area contributed by atoms with Gasteiger partial charge in [-0.3, -0.25) is 0 Å². The Morgan fingerprint density at radius 3 is 2.15 bits per heavy atom. The van der Waals surface area contributed by atoms with Crippen LogP contribution < -0.4 is 5.46 Å². The summed E-state index contributed by atoms with van der Waals surface area (Å²) in [7, 11) is -0.472. The third kappa shape index (κ3) is 2.08. The molecular weight excluding hydrogens is 256 g/mol. The highest BCUT2D eigenvalue weighted by Crippen LogP contribution is 2.47. The quantitative estimate of drug-likeness (QED) is 0.615. The Hall–Kier alpha value is -0.935. The van der Waals surface area contributed by atoms with Gasteiger partial charge in [-0.15, -0.1) is 0 Å². The highest BCUT2D eigenvalue weighted by atomic mass is 19.1. The molecule has 0 amide bonds. The van der Waals surface area contributed by atoms with Crippen molar-refractivity contribution < 1.29 is 13.7 Å². The molecule has 1 saturated carbocycles. The molecule has 1 saturated heterocycles. The lowest BCUT2D eigenvalue weighted by atomic mass is 9.73. The predicted molar refractivity (Wildman–Crippen MR) is 76.5 cm³/mol. The van der Waals surface area contributed by atoms with E-state index in [1.165, 1.54) is 6.07 Å². The van der Waals surface area contributed by atoms with Gasteiger partial charge in [0.1, 0.15) is 0 Å². The van der Waals surface area contributed by atoms with Crippen LogP contribution in [0, 0.1) is 5.95 Å². The molecule has 0 N–H and O–H groups in total. The van der Waals surface area contributed by atoms with Crippen molar-refractivity contribution in [2.75, 3.05) is 0 Å². The first-order valence-corrected chi connectivity index (χ1v) is 7.16. The molecule has 0 aromatic carbocycles. The smallest absolute Gasteiger partial charge is 0.399 e. The van der Waals surface area contributed by atoms with Crippen molar-refractivity contribution in [2.24, 2.45) is 0 Å². The fourth-order valence-corrected chi connectivity index (χ4v) is 2.58. The fraction of sp³-hybridized carbons (Fsp3) is 0.667. The van der Waals surface area contributed by atoms with Gasteiger partial charge in [-0.05, 0) is 57.6 Å². The summed E-state index contributed by atoms with van der Waals surface area (Å²) in [4.78, 5) is 3.79. The molecule has 3 nitrogen and oxygen atoms in total. The molecule has 2 heterocycles. The summed E-state index contributed by atoms with van der Waals surface area (Å²) >= 11 is 0. The summed E-state index contributed by atoms with van der Waals surface area (Å²) in [5.41, 5.74) is 1.10. The molecule has 108 valence electrons. The maximum absolute atomic E-state index is 13.5. The van der Waals surface area contributed by atoms with Crippen LogP contribution in [0.1, 0.15) is 53.0 Å². The number of hydrogen-bond acceptors (Lipinski definition) is 3. The van der Waals surface area contributed by atoms with Crippen LogP contribution in [0.15, 0.2) is 12.3 Å². The normalized spacial score (nSPS) is 25.8. The largest absolute Gasteiger partial charge is 0.496 e. The number of pyridine rings is 1. The SMILES string of the molecule is CC1(c2cc(F)ncc2B2OC(C)(C)C(C)(C)O2)CC1. The second-order valence-corrected chi connectivity index (χ2v) is 7.24. The van der Waals surface area contributed by atoms with E-state index in [0.29, 0.717) is 0 Å². The Morgan fingerprint density at radius 2 is 1.65 bits per heavy atom. The molecular formula is C15H21BFNO2. The third-order valence-electron chi connectivity index (χ3n) is 5.06. The average Bonchev–Trinajstić information content (AvgIpc) is 3.02. The molecule has 2 fully saturated rings. The van der Waals surface area contributed by atoms with Crippen molar-refractivity contribution in [3.63, 3.8) is 0 Å². The maximum Gasteiger partial charge on any atom is 0.496 e. The summed E-state index contributed by atoms with van der Waals surface area (Å²) in [6.07, 6.45) is 3.71. The standard InChI is InChI=1S/C15H21BFNO2/c1-13(2)14(3,4)20-16(19-13)11-9-18-12(17)8-10(11)15(5)6-7-15/h8-9H,6-7H2,1-5H3. The second kappa shape index (κ2) is 4.04. The number of aromatic nitrogens is 1. The Balaban J connectivity index is 2.00. The van der Waals surface area contributed by atoms with Gasteiger partial charge in [-0.2, -0.15) is 4.39 Å². The van der Waals surface area contributed by atoms with Gasteiger partial charge in [0.05, 0.1) is 11.2 Å². The van der Waals surface area contributed by atoms with Gasteiger partial charge >= 0.3 is 7.12 Å². The first-order valence-electron chi connectivity index (χ1n) is 7.16. The van der Waals surface area contributed by atoms with E-state index in [4.69, 9.17) is 9.31 Å². The van der Waals surface area contributed by atoms with Gasteiger partial charge in [0, 0.05) is 11.7 Å². The monoisotopic (exact) mass is 277 g/mol. The first-order chi connectivity index (χ1) is 9.15. The molecule has 0 atom stereocenters. The van der Waals surface area contributed by atoms with Crippen LogP contribution in [0.25, 0.3) is 0 Å². The van der Waals surface area contributed by atoms with Gasteiger partial charge in [-0.25, -0.2) is 4.98 Å². The molecule has 0 spiro atoms. The summed E-state index contributed by atoms with van der Waals surface area (Å²) < 4.78 is 25.6. The lowest BCUT2D eigenvalue weighted by Gasteiger charge is -2.32. The van der Waals surface area contributed by atoms with E-state index in [-0.39, 0.29) is 5.41 Å². The van der Waals surface area contributed by atoms with Crippen LogP contribution in [0.2, 0.25) is 0 Å². The van der Waals surface area contributed by atoms with E-state index >= 15 is 0 Å². The zero-order valence-electron chi connectivity index (χ0n) is 12.8. The van der Waals surface area contributed by atoms with E-state index in [2.05, 4.69) is 11.9 Å². The predicted octanol–water partition coefficient (Wildman–Crippen LogP) is 2.57. The van der Waals surface area contributed by atoms with Crippen molar-refractivity contribution >= 4 is 12.6 Å². The molecule has 5 heteroatoms. The molecule has 1 aromatic rings. The van der Waals surface area contributed by atoms with Gasteiger partial charge in [0.15, 0.2) is 0 Å². The van der Waals surface area contributed by atoms with Gasteiger partial charge in [0.25, 0.3) is 0 Å². The lowest BCUT2D eigenvalue weighted by molar-refractivity contribution is 0.00578. The highest BCUT2D eigenvalue weighted by Gasteiger charge is 2.54. The summed E-state index contributed by atoms with van der Waals surface area (Å²) in [5.74, 6) is -0.437. The number of hydrogen-bond donors (Lipinski definition) is 0. The number of nitrogens with zero attached hydrogens (tertiary/aromatic N) is 1. The fourth-order valence-electron chi connectivity index (χ4n) is 2.58. The van der Waals surface area contributed by atoms with Gasteiger partial charge in [0.2, 0.25) is 5.95 Å². The Labute approximate surface area is 120 Å². The molecule has 0 bridgehead atoms. The van der Waals surface area contributed by atoms with Crippen LogP contribution in [0.5, 0.6) is 0 Å². The molecule has 1 aliphatic carbocycles. The molecule has 0 unspecified atom stereocenters. The molecule has 20 heavy (non-hydrogen) atoms. The minimum Gasteiger partial charge on any atom is -0.399 e. The topological polar surface area (TPSA) is 31.4 Å². The minimum absolute atomic E-state index is 0.0444. The average molecular weight is 277 g/mol. The summed E-state index contributed by atoms with van der Waals surface area (Å²) in [5, 5.41) is 0. The van der Waals surface area contributed by atoms with Crippen LogP contribution in [-0.4, -0.2) is 23.3 Å². The van der Waals surface area contributed by atoms with Gasteiger partial charge in [-0.1, -0.05) is 6.92 Å². The van der Waals surface area contributed by atoms with Crippen molar-refractivity contribution in [3.05, 3.63) is 23.8 Å². The Morgan fingerprint density at radius 1 is 1.10 bits per heavy atom. The minimum atomic E-state index is -0.472. The Bertz CT molecular complexity index is 539. The highest BCUT2D eigenvalue weighted by molar-refractivity contribution is 6.62. The van der Waals surface area contributed by atoms with Gasteiger partial charge < -0.3 is 9.31 Å². The molecule has 3 rings (SSSR count). The number of halogens is 1. The molecule has 1 aliphatic heterocycles. The van der Waals surface area contributed by atoms with Crippen molar-refractivity contribution in [1.82, 2.24) is 4.98 Å². The Kier molecular flexibility index (Phi) is 2.84. The van der Waals surface area contributed by atoms with E-state index in [1.54, 1.807) is 6.20 Å². The van der Waals surface area contributed by atoms with Crippen molar-refractivity contribution in [1.29, 1.82) is 0 Å². The van der Waals surface area contributed by atoms with E-state index in [0.717, 1.165) is 23.9 Å². The maximum atomic E-state index is 13.5. The zero-order chi connectivity index (χ0) is 14.8. The van der Waals surface area contributed by atoms with Crippen molar-refractivity contribution in [3.8, 4) is 0 Å². The van der Waals surface area contributed by atoms with Crippen molar-refractivity contribution in [2.45, 2.75) is 64.1 Å². The third-order valence-corrected chi connectivity index (χ3v) is 5.06. The second-order valence-electron chi connectivity index (χ2n) is 7.24. The van der Waals surface area contributed by atoms with E-state index < -0.39 is 24.3 Å². The number of rotatable bonds is 2. The lowest BCUT2D eigenvalue weighted by Crippen LogP contribution is -2.41. The van der Waals surface area contributed by atoms with Crippen LogP contribution in [0.4, 0.5) is 4.39 Å². The summed E-state index contributed by atoms with van der Waals surface area (Å²) in [6, 6.07) is 1.54. The van der Waals surface area contributed by atoms with Crippen LogP contribution in [0.3, 0.4) is 0 Å². The molecule has 2 aliphatic rings. The first kappa shape index (κ1) is 14.0. The zero-order valence-corrected chi connectivity index (χ0v) is 12.8. The molecule has 0 radical (unpaired) electrons. The molecule has 1 aromatic heterocycles. The summed E-state index contributed by atoms with van der Waals surface area (Å²) in [6.45, 7) is 10.2. The van der Waals surface area contributed by atoms with E-state index in [1.807, 2.05) is 27.7 Å².